The molecule has 2 N–H and O–H groups in total. The molecule has 2 atom stereocenters. The van der Waals surface area contributed by atoms with E-state index < -0.39 is 0 Å². The first-order chi connectivity index (χ1) is 10.3. The molecular weight excluding hydrogens is 264 g/mol. The SMILES string of the molecule is NC(CCCC1CCCO1)c1cnn(-c2ccccc2)n1. The number of hydrogen-bond donors (Lipinski definition) is 1. The average Bonchev–Trinajstić information content (AvgIpc) is 3.20. The normalized spacial score (nSPS) is 19.8. The minimum atomic E-state index is -0.0520. The maximum Gasteiger partial charge on any atom is 0.0998 e. The summed E-state index contributed by atoms with van der Waals surface area (Å²) >= 11 is 0. The number of nitrogens with two attached hydrogens (primary N) is 1. The zero-order chi connectivity index (χ0) is 14.5. The quantitative estimate of drug-likeness (QED) is 0.886. The van der Waals surface area contributed by atoms with Crippen LogP contribution in [0.15, 0.2) is 36.5 Å². The lowest BCUT2D eigenvalue weighted by molar-refractivity contribution is 0.101. The molecule has 5 heteroatoms. The maximum atomic E-state index is 6.21. The molecule has 0 radical (unpaired) electrons. The van der Waals surface area contributed by atoms with E-state index in [0.717, 1.165) is 37.3 Å². The Morgan fingerprint density at radius 1 is 1.33 bits per heavy atom. The largest absolute Gasteiger partial charge is 0.378 e. The van der Waals surface area contributed by atoms with Gasteiger partial charge in [0.2, 0.25) is 0 Å². The lowest BCUT2D eigenvalue weighted by atomic mass is 10.0. The van der Waals surface area contributed by atoms with E-state index in [1.165, 1.54) is 12.8 Å². The molecule has 1 aromatic heterocycles. The average molecular weight is 286 g/mol. The molecule has 112 valence electrons. The van der Waals surface area contributed by atoms with E-state index in [2.05, 4.69) is 10.2 Å². The standard InChI is InChI=1S/C16H22N4O/c17-15(10-4-8-14-9-5-11-21-14)16-12-18-20(19-16)13-6-2-1-3-7-13/h1-3,6-7,12,14-15H,4-5,8-11,17H2. The first-order valence-corrected chi connectivity index (χ1v) is 7.68. The van der Waals surface area contributed by atoms with Crippen molar-refractivity contribution in [3.63, 3.8) is 0 Å². The van der Waals surface area contributed by atoms with E-state index in [1.54, 1.807) is 11.0 Å². The van der Waals surface area contributed by atoms with Crippen molar-refractivity contribution in [2.75, 3.05) is 6.61 Å². The number of nitrogens with zero attached hydrogens (tertiary/aromatic N) is 3. The second-order valence-corrected chi connectivity index (χ2v) is 5.57. The van der Waals surface area contributed by atoms with Crippen LogP contribution >= 0.6 is 0 Å². The van der Waals surface area contributed by atoms with Crippen LogP contribution in [0, 0.1) is 0 Å². The Morgan fingerprint density at radius 2 is 2.19 bits per heavy atom. The highest BCUT2D eigenvalue weighted by Crippen LogP contribution is 2.21. The summed E-state index contributed by atoms with van der Waals surface area (Å²) in [5, 5.41) is 8.77. The van der Waals surface area contributed by atoms with Gasteiger partial charge in [0.05, 0.1) is 29.7 Å². The molecule has 2 aromatic rings. The van der Waals surface area contributed by atoms with E-state index in [4.69, 9.17) is 10.5 Å². The molecular formula is C16H22N4O. The van der Waals surface area contributed by atoms with Crippen LogP contribution < -0.4 is 5.73 Å². The van der Waals surface area contributed by atoms with Crippen LogP contribution in [0.4, 0.5) is 0 Å². The zero-order valence-electron chi connectivity index (χ0n) is 12.2. The maximum absolute atomic E-state index is 6.21. The summed E-state index contributed by atoms with van der Waals surface area (Å²) in [4.78, 5) is 1.63. The van der Waals surface area contributed by atoms with Gasteiger partial charge in [0.15, 0.2) is 0 Å². The Hall–Kier alpha value is -1.72. The van der Waals surface area contributed by atoms with Crippen molar-refractivity contribution >= 4 is 0 Å². The Kier molecular flexibility index (Phi) is 4.62. The first kappa shape index (κ1) is 14.2. The Labute approximate surface area is 125 Å². The van der Waals surface area contributed by atoms with Gasteiger partial charge in [-0.15, -0.1) is 0 Å². The molecule has 2 heterocycles. The van der Waals surface area contributed by atoms with Gasteiger partial charge in [-0.3, -0.25) is 0 Å². The van der Waals surface area contributed by atoms with Crippen LogP contribution in [0.25, 0.3) is 5.69 Å². The van der Waals surface area contributed by atoms with Crippen molar-refractivity contribution in [1.82, 2.24) is 15.0 Å². The van der Waals surface area contributed by atoms with Crippen molar-refractivity contribution in [3.8, 4) is 5.69 Å². The number of benzene rings is 1. The fourth-order valence-electron chi connectivity index (χ4n) is 2.72. The van der Waals surface area contributed by atoms with E-state index in [1.807, 2.05) is 30.3 Å². The highest BCUT2D eigenvalue weighted by molar-refractivity contribution is 5.28. The van der Waals surface area contributed by atoms with Gasteiger partial charge < -0.3 is 10.5 Å². The third-order valence-electron chi connectivity index (χ3n) is 3.94. The summed E-state index contributed by atoms with van der Waals surface area (Å²) in [6, 6.07) is 9.83. The van der Waals surface area contributed by atoms with Gasteiger partial charge >= 0.3 is 0 Å². The van der Waals surface area contributed by atoms with Crippen molar-refractivity contribution in [3.05, 3.63) is 42.2 Å². The zero-order valence-corrected chi connectivity index (χ0v) is 12.2. The van der Waals surface area contributed by atoms with Gasteiger partial charge in [-0.05, 0) is 44.2 Å². The number of aromatic nitrogens is 3. The molecule has 3 rings (SSSR count). The van der Waals surface area contributed by atoms with Crippen molar-refractivity contribution < 1.29 is 4.74 Å². The molecule has 1 aromatic carbocycles. The van der Waals surface area contributed by atoms with E-state index in [9.17, 15) is 0 Å². The minimum Gasteiger partial charge on any atom is -0.378 e. The number of rotatable bonds is 6. The first-order valence-electron chi connectivity index (χ1n) is 7.68. The van der Waals surface area contributed by atoms with Crippen LogP contribution in [0.5, 0.6) is 0 Å². The Bertz CT molecular complexity index is 548. The predicted octanol–water partition coefficient (Wildman–Crippen LogP) is 2.62. The lowest BCUT2D eigenvalue weighted by Crippen LogP contribution is -2.13. The van der Waals surface area contributed by atoms with Crippen molar-refractivity contribution in [2.24, 2.45) is 5.73 Å². The molecule has 1 aliphatic rings. The van der Waals surface area contributed by atoms with Crippen LogP contribution in [-0.4, -0.2) is 27.7 Å². The van der Waals surface area contributed by atoms with Gasteiger partial charge in [-0.25, -0.2) is 0 Å². The third-order valence-corrected chi connectivity index (χ3v) is 3.94. The van der Waals surface area contributed by atoms with Crippen molar-refractivity contribution in [1.29, 1.82) is 0 Å². The fraction of sp³-hybridized carbons (Fsp3) is 0.500. The molecule has 5 nitrogen and oxygen atoms in total. The Morgan fingerprint density at radius 3 is 2.95 bits per heavy atom. The van der Waals surface area contributed by atoms with Gasteiger partial charge in [0.1, 0.15) is 0 Å². The van der Waals surface area contributed by atoms with E-state index in [-0.39, 0.29) is 6.04 Å². The van der Waals surface area contributed by atoms with Gasteiger partial charge in [0.25, 0.3) is 0 Å². The molecule has 21 heavy (non-hydrogen) atoms. The molecule has 1 saturated heterocycles. The van der Waals surface area contributed by atoms with Gasteiger partial charge in [-0.1, -0.05) is 18.2 Å². The van der Waals surface area contributed by atoms with Crippen LogP contribution in [0.3, 0.4) is 0 Å². The third kappa shape index (κ3) is 3.68. The summed E-state index contributed by atoms with van der Waals surface area (Å²) in [5.74, 6) is 0. The molecule has 0 aliphatic carbocycles. The van der Waals surface area contributed by atoms with E-state index in [0.29, 0.717) is 6.10 Å². The monoisotopic (exact) mass is 286 g/mol. The summed E-state index contributed by atoms with van der Waals surface area (Å²) < 4.78 is 5.63. The van der Waals surface area contributed by atoms with Gasteiger partial charge in [0, 0.05) is 6.61 Å². The lowest BCUT2D eigenvalue weighted by Gasteiger charge is -2.11. The summed E-state index contributed by atoms with van der Waals surface area (Å²) in [7, 11) is 0. The summed E-state index contributed by atoms with van der Waals surface area (Å²) in [6.45, 7) is 0.919. The van der Waals surface area contributed by atoms with Crippen molar-refractivity contribution in [2.45, 2.75) is 44.2 Å². The van der Waals surface area contributed by atoms with Gasteiger partial charge in [-0.2, -0.15) is 15.0 Å². The topological polar surface area (TPSA) is 66.0 Å². The minimum absolute atomic E-state index is 0.0520. The van der Waals surface area contributed by atoms with Crippen LogP contribution in [-0.2, 0) is 4.74 Å². The second-order valence-electron chi connectivity index (χ2n) is 5.57. The second kappa shape index (κ2) is 6.83. The molecule has 0 bridgehead atoms. The molecule has 1 fully saturated rings. The molecule has 0 amide bonds. The number of hydrogen-bond acceptors (Lipinski definition) is 4. The summed E-state index contributed by atoms with van der Waals surface area (Å²) in [5.41, 5.74) is 8.02. The Balaban J connectivity index is 1.53. The molecule has 0 saturated carbocycles. The van der Waals surface area contributed by atoms with Crippen LogP contribution in [0.1, 0.15) is 43.8 Å². The molecule has 1 aliphatic heterocycles. The smallest absolute Gasteiger partial charge is 0.0998 e. The number of para-hydroxylation sites is 1. The fourth-order valence-corrected chi connectivity index (χ4v) is 2.72. The number of ether oxygens (including phenoxy) is 1. The highest BCUT2D eigenvalue weighted by atomic mass is 16.5. The predicted molar refractivity (Wildman–Crippen MR) is 81.1 cm³/mol. The van der Waals surface area contributed by atoms with E-state index >= 15 is 0 Å². The molecule has 2 unspecified atom stereocenters. The molecule has 0 spiro atoms. The van der Waals surface area contributed by atoms with Crippen LogP contribution in [0.2, 0.25) is 0 Å². The summed E-state index contributed by atoms with van der Waals surface area (Å²) in [6.07, 6.45) is 7.70. The highest BCUT2D eigenvalue weighted by Gasteiger charge is 2.16.